The highest BCUT2D eigenvalue weighted by Crippen LogP contribution is 2.53. The van der Waals surface area contributed by atoms with Gasteiger partial charge in [0, 0.05) is 5.92 Å². The van der Waals surface area contributed by atoms with Crippen LogP contribution < -0.4 is 0 Å². The molecule has 31 heavy (non-hydrogen) atoms. The van der Waals surface area contributed by atoms with Crippen LogP contribution in [-0.2, 0) is 19.1 Å². The van der Waals surface area contributed by atoms with Crippen molar-refractivity contribution in [3.63, 3.8) is 0 Å². The van der Waals surface area contributed by atoms with Crippen LogP contribution >= 0.6 is 11.8 Å². The Morgan fingerprint density at radius 1 is 0.935 bits per heavy atom. The van der Waals surface area contributed by atoms with E-state index < -0.39 is 17.4 Å². The predicted octanol–water partition coefficient (Wildman–Crippen LogP) is 5.59. The van der Waals surface area contributed by atoms with E-state index in [-0.39, 0.29) is 25.0 Å². The lowest BCUT2D eigenvalue weighted by atomic mass is 9.61. The molecule has 2 aromatic carbocycles. The van der Waals surface area contributed by atoms with Gasteiger partial charge in [0.15, 0.2) is 5.41 Å². The van der Waals surface area contributed by atoms with Gasteiger partial charge in [-0.25, -0.2) is 0 Å². The molecule has 1 fully saturated rings. The molecule has 0 amide bonds. The average molecular weight is 439 g/mol. The van der Waals surface area contributed by atoms with Crippen molar-refractivity contribution in [3.8, 4) is 0 Å². The van der Waals surface area contributed by atoms with E-state index in [0.29, 0.717) is 12.8 Å². The summed E-state index contributed by atoms with van der Waals surface area (Å²) in [7, 11) is 0. The molecule has 0 atom stereocenters. The van der Waals surface area contributed by atoms with Crippen molar-refractivity contribution < 1.29 is 19.1 Å². The summed E-state index contributed by atoms with van der Waals surface area (Å²) in [5.41, 5.74) is 1.24. The Morgan fingerprint density at radius 3 is 1.77 bits per heavy atom. The smallest absolute Gasteiger partial charge is 0.323 e. The van der Waals surface area contributed by atoms with Gasteiger partial charge < -0.3 is 9.47 Å². The molecule has 0 N–H and O–H groups in total. The van der Waals surface area contributed by atoms with E-state index in [1.54, 1.807) is 25.6 Å². The molecule has 1 aliphatic rings. The molecule has 1 aliphatic carbocycles. The zero-order valence-corrected chi connectivity index (χ0v) is 19.2. The first-order valence-electron chi connectivity index (χ1n) is 10.8. The van der Waals surface area contributed by atoms with E-state index in [2.05, 4.69) is 30.3 Å². The van der Waals surface area contributed by atoms with Gasteiger partial charge in [-0.15, -0.1) is 11.8 Å². The molecule has 0 bridgehead atoms. The molecule has 1 saturated carbocycles. The third-order valence-corrected chi connectivity index (χ3v) is 6.75. The number of esters is 2. The summed E-state index contributed by atoms with van der Waals surface area (Å²) in [5, 5.41) is 0. The molecule has 0 heterocycles. The lowest BCUT2D eigenvalue weighted by Gasteiger charge is -2.44. The first kappa shape index (κ1) is 23.1. The lowest BCUT2D eigenvalue weighted by molar-refractivity contribution is -0.181. The molecule has 0 spiro atoms. The van der Waals surface area contributed by atoms with Crippen LogP contribution in [0.3, 0.4) is 0 Å². The van der Waals surface area contributed by atoms with Crippen molar-refractivity contribution in [1.29, 1.82) is 0 Å². The molecule has 3 rings (SSSR count). The second-order valence-electron chi connectivity index (χ2n) is 7.70. The van der Waals surface area contributed by atoms with Crippen LogP contribution in [0.15, 0.2) is 71.6 Å². The summed E-state index contributed by atoms with van der Waals surface area (Å²) in [5.74, 6) is -0.704. The fourth-order valence-corrected chi connectivity index (χ4v) is 4.95. The van der Waals surface area contributed by atoms with Gasteiger partial charge >= 0.3 is 11.9 Å². The maximum absolute atomic E-state index is 12.6. The van der Waals surface area contributed by atoms with Crippen LogP contribution in [0, 0.1) is 11.3 Å². The van der Waals surface area contributed by atoms with E-state index in [1.807, 2.05) is 42.7 Å². The molecule has 4 nitrogen and oxygen atoms in total. The van der Waals surface area contributed by atoms with Gasteiger partial charge in [-0.2, -0.15) is 0 Å². The number of carbonyl (C=O) groups excluding carboxylic acids is 2. The Kier molecular flexibility index (Phi) is 7.97. The summed E-state index contributed by atoms with van der Waals surface area (Å²) in [4.78, 5) is 26.5. The van der Waals surface area contributed by atoms with Gasteiger partial charge in [-0.3, -0.25) is 9.59 Å². The standard InChI is InChI=1S/C26H30O4S/c1-4-29-24(27)26(25(28)30-5-2)17-21(18-26)23(31-3)16-22(19-12-8-6-9-13-19)20-14-10-7-11-15-20/h6-16,21-22H,4-5,17-18H2,1-3H3. The number of carbonyl (C=O) groups is 2. The molecule has 0 unspecified atom stereocenters. The Hall–Kier alpha value is -2.53. The van der Waals surface area contributed by atoms with E-state index >= 15 is 0 Å². The quantitative estimate of drug-likeness (QED) is 0.377. The molecule has 164 valence electrons. The van der Waals surface area contributed by atoms with Crippen molar-refractivity contribution in [3.05, 3.63) is 82.8 Å². The molecule has 0 aliphatic heterocycles. The minimum Gasteiger partial charge on any atom is -0.465 e. The first-order valence-corrected chi connectivity index (χ1v) is 12.0. The second kappa shape index (κ2) is 10.7. The normalized spacial score (nSPS) is 15.9. The fourth-order valence-electron chi connectivity index (χ4n) is 4.18. The summed E-state index contributed by atoms with van der Waals surface area (Å²) < 4.78 is 10.5. The zero-order valence-electron chi connectivity index (χ0n) is 18.4. The predicted molar refractivity (Wildman–Crippen MR) is 125 cm³/mol. The molecule has 0 radical (unpaired) electrons. The van der Waals surface area contributed by atoms with Crippen LogP contribution in [0.25, 0.3) is 0 Å². The highest BCUT2D eigenvalue weighted by molar-refractivity contribution is 8.02. The maximum Gasteiger partial charge on any atom is 0.323 e. The van der Waals surface area contributed by atoms with Crippen LogP contribution in [0.5, 0.6) is 0 Å². The minimum absolute atomic E-state index is 0.102. The van der Waals surface area contributed by atoms with Gasteiger partial charge in [-0.05, 0) is 54.9 Å². The minimum atomic E-state index is -1.18. The summed E-state index contributed by atoms with van der Waals surface area (Å²) >= 11 is 1.68. The van der Waals surface area contributed by atoms with E-state index in [9.17, 15) is 9.59 Å². The van der Waals surface area contributed by atoms with Gasteiger partial charge in [-0.1, -0.05) is 66.7 Å². The van der Waals surface area contributed by atoms with E-state index in [1.165, 1.54) is 16.0 Å². The van der Waals surface area contributed by atoms with Crippen molar-refractivity contribution in [2.75, 3.05) is 19.5 Å². The topological polar surface area (TPSA) is 52.6 Å². The van der Waals surface area contributed by atoms with Crippen molar-refractivity contribution in [2.45, 2.75) is 32.6 Å². The zero-order chi connectivity index (χ0) is 22.3. The van der Waals surface area contributed by atoms with E-state index in [4.69, 9.17) is 9.47 Å². The number of hydrogen-bond acceptors (Lipinski definition) is 5. The summed E-state index contributed by atoms with van der Waals surface area (Å²) in [6.45, 7) is 4.01. The first-order chi connectivity index (χ1) is 15.1. The average Bonchev–Trinajstić information content (AvgIpc) is 2.76. The number of hydrogen-bond donors (Lipinski definition) is 0. The fraction of sp³-hybridized carbons (Fsp3) is 0.385. The number of allylic oxidation sites excluding steroid dienone is 2. The molecule has 2 aromatic rings. The van der Waals surface area contributed by atoms with Gasteiger partial charge in [0.25, 0.3) is 0 Å². The summed E-state index contributed by atoms with van der Waals surface area (Å²) in [6, 6.07) is 20.8. The third-order valence-electron chi connectivity index (χ3n) is 5.81. The number of thioether (sulfide) groups is 1. The van der Waals surface area contributed by atoms with E-state index in [0.717, 1.165) is 0 Å². The molecule has 5 heteroatoms. The SMILES string of the molecule is CCOC(=O)C1(C(=O)OCC)CC(C(=CC(c2ccccc2)c2ccccc2)SC)C1. The van der Waals surface area contributed by atoms with Crippen molar-refractivity contribution >= 4 is 23.7 Å². The Bertz CT molecular complexity index is 842. The Morgan fingerprint density at radius 2 is 1.39 bits per heavy atom. The molecular formula is C26H30O4S. The molecular weight excluding hydrogens is 408 g/mol. The Balaban J connectivity index is 1.89. The largest absolute Gasteiger partial charge is 0.465 e. The second-order valence-corrected chi connectivity index (χ2v) is 8.58. The van der Waals surface area contributed by atoms with Gasteiger partial charge in [0.1, 0.15) is 0 Å². The van der Waals surface area contributed by atoms with Crippen LogP contribution in [0.2, 0.25) is 0 Å². The number of rotatable bonds is 9. The van der Waals surface area contributed by atoms with Gasteiger partial charge in [0.2, 0.25) is 0 Å². The van der Waals surface area contributed by atoms with Crippen LogP contribution in [-0.4, -0.2) is 31.4 Å². The Labute approximate surface area is 189 Å². The van der Waals surface area contributed by atoms with Crippen molar-refractivity contribution in [1.82, 2.24) is 0 Å². The highest BCUT2D eigenvalue weighted by Gasteiger charge is 2.59. The third kappa shape index (κ3) is 5.04. The summed E-state index contributed by atoms with van der Waals surface area (Å²) in [6.07, 6.45) is 5.18. The lowest BCUT2D eigenvalue weighted by Crippen LogP contribution is -2.52. The van der Waals surface area contributed by atoms with Crippen LogP contribution in [0.1, 0.15) is 43.7 Å². The number of ether oxygens (including phenoxy) is 2. The van der Waals surface area contributed by atoms with Crippen LogP contribution in [0.4, 0.5) is 0 Å². The van der Waals surface area contributed by atoms with Crippen molar-refractivity contribution in [2.24, 2.45) is 11.3 Å². The monoisotopic (exact) mass is 438 g/mol. The molecule has 0 saturated heterocycles. The number of benzene rings is 2. The van der Waals surface area contributed by atoms with Gasteiger partial charge in [0.05, 0.1) is 13.2 Å². The molecule has 0 aromatic heterocycles. The highest BCUT2D eigenvalue weighted by atomic mass is 32.2. The maximum atomic E-state index is 12.6.